The molecule has 0 unspecified atom stereocenters. The van der Waals surface area contributed by atoms with Gasteiger partial charge in [-0.15, -0.1) is 0 Å². The summed E-state index contributed by atoms with van der Waals surface area (Å²) in [4.78, 5) is 25.3. The predicted octanol–water partition coefficient (Wildman–Crippen LogP) is 2.40. The molecular formula is C16H23ClN2O3. The van der Waals surface area contributed by atoms with Gasteiger partial charge in [0.1, 0.15) is 5.75 Å². The molecule has 0 saturated heterocycles. The van der Waals surface area contributed by atoms with Crippen LogP contribution in [0.15, 0.2) is 18.2 Å². The number of hydrogen-bond acceptors (Lipinski definition) is 3. The summed E-state index contributed by atoms with van der Waals surface area (Å²) < 4.78 is 5.47. The maximum absolute atomic E-state index is 12.1. The number of nitrogens with one attached hydrogen (secondary N) is 1. The molecule has 0 atom stereocenters. The fourth-order valence-corrected chi connectivity index (χ4v) is 1.98. The molecule has 0 heterocycles. The lowest BCUT2D eigenvalue weighted by molar-refractivity contribution is -0.137. The summed E-state index contributed by atoms with van der Waals surface area (Å²) in [6, 6.07) is 5.26. The second-order valence-corrected chi connectivity index (χ2v) is 5.74. The number of aryl methyl sites for hydroxylation is 1. The SMILES string of the molecule is CCN(CC(=O)NC(C)C)C(=O)COc1ccc(Cl)c(C)c1. The van der Waals surface area contributed by atoms with Gasteiger partial charge in [0.15, 0.2) is 6.61 Å². The molecule has 0 bridgehead atoms. The average Bonchev–Trinajstić information content (AvgIpc) is 2.44. The minimum absolute atomic E-state index is 0.0382. The van der Waals surface area contributed by atoms with Gasteiger partial charge < -0.3 is 15.0 Å². The largest absolute Gasteiger partial charge is 0.484 e. The topological polar surface area (TPSA) is 58.6 Å². The van der Waals surface area contributed by atoms with E-state index in [-0.39, 0.29) is 31.0 Å². The van der Waals surface area contributed by atoms with Gasteiger partial charge >= 0.3 is 0 Å². The Balaban J connectivity index is 2.54. The quantitative estimate of drug-likeness (QED) is 0.837. The van der Waals surface area contributed by atoms with E-state index in [0.717, 1.165) is 5.56 Å². The fraction of sp³-hybridized carbons (Fsp3) is 0.500. The number of halogens is 1. The third kappa shape index (κ3) is 5.93. The van der Waals surface area contributed by atoms with Crippen molar-refractivity contribution >= 4 is 23.4 Å². The van der Waals surface area contributed by atoms with Crippen molar-refractivity contribution in [2.75, 3.05) is 19.7 Å². The molecule has 5 nitrogen and oxygen atoms in total. The van der Waals surface area contributed by atoms with Gasteiger partial charge in [-0.3, -0.25) is 9.59 Å². The van der Waals surface area contributed by atoms with Crippen molar-refractivity contribution in [1.29, 1.82) is 0 Å². The average molecular weight is 327 g/mol. The molecule has 0 aromatic heterocycles. The van der Waals surface area contributed by atoms with Gasteiger partial charge in [-0.25, -0.2) is 0 Å². The molecule has 2 amide bonds. The van der Waals surface area contributed by atoms with Crippen LogP contribution in [0.1, 0.15) is 26.3 Å². The molecule has 0 spiro atoms. The van der Waals surface area contributed by atoms with Crippen molar-refractivity contribution in [2.24, 2.45) is 0 Å². The van der Waals surface area contributed by atoms with E-state index in [1.54, 1.807) is 18.2 Å². The summed E-state index contributed by atoms with van der Waals surface area (Å²) >= 11 is 5.94. The monoisotopic (exact) mass is 326 g/mol. The van der Waals surface area contributed by atoms with Gasteiger partial charge in [0, 0.05) is 17.6 Å². The Labute approximate surface area is 136 Å². The van der Waals surface area contributed by atoms with Crippen LogP contribution in [0.3, 0.4) is 0 Å². The Bertz CT molecular complexity index is 532. The molecule has 0 aliphatic rings. The van der Waals surface area contributed by atoms with Crippen LogP contribution in [0, 0.1) is 6.92 Å². The zero-order chi connectivity index (χ0) is 16.7. The maximum Gasteiger partial charge on any atom is 0.260 e. The Hall–Kier alpha value is -1.75. The molecule has 6 heteroatoms. The molecule has 122 valence electrons. The number of nitrogens with zero attached hydrogens (tertiary/aromatic N) is 1. The number of carbonyl (C=O) groups excluding carboxylic acids is 2. The molecule has 0 aliphatic heterocycles. The van der Waals surface area contributed by atoms with Gasteiger partial charge in [0.05, 0.1) is 6.54 Å². The molecule has 22 heavy (non-hydrogen) atoms. The van der Waals surface area contributed by atoms with Crippen LogP contribution in [-0.4, -0.2) is 42.5 Å². The fourth-order valence-electron chi connectivity index (χ4n) is 1.86. The Morgan fingerprint density at radius 1 is 1.36 bits per heavy atom. The summed E-state index contributed by atoms with van der Waals surface area (Å²) in [5.41, 5.74) is 0.885. The lowest BCUT2D eigenvalue weighted by Gasteiger charge is -2.21. The van der Waals surface area contributed by atoms with Crippen molar-refractivity contribution in [3.63, 3.8) is 0 Å². The van der Waals surface area contributed by atoms with Crippen molar-refractivity contribution in [3.8, 4) is 5.75 Å². The van der Waals surface area contributed by atoms with Crippen molar-refractivity contribution < 1.29 is 14.3 Å². The third-order valence-electron chi connectivity index (χ3n) is 3.01. The van der Waals surface area contributed by atoms with Gasteiger partial charge in [-0.05, 0) is 51.5 Å². The van der Waals surface area contributed by atoms with Gasteiger partial charge in [-0.1, -0.05) is 11.6 Å². The Morgan fingerprint density at radius 3 is 2.59 bits per heavy atom. The Kier molecular flexibility index (Phi) is 7.18. The summed E-state index contributed by atoms with van der Waals surface area (Å²) in [6.45, 7) is 7.83. The number of hydrogen-bond donors (Lipinski definition) is 1. The summed E-state index contributed by atoms with van der Waals surface area (Å²) in [5, 5.41) is 3.41. The first kappa shape index (κ1) is 18.3. The minimum Gasteiger partial charge on any atom is -0.484 e. The molecule has 0 fully saturated rings. The standard InChI is InChI=1S/C16H23ClN2O3/c1-5-19(9-15(20)18-11(2)3)16(21)10-22-13-6-7-14(17)12(4)8-13/h6-8,11H,5,9-10H2,1-4H3,(H,18,20). The molecule has 0 saturated carbocycles. The Morgan fingerprint density at radius 2 is 2.05 bits per heavy atom. The summed E-state index contributed by atoms with van der Waals surface area (Å²) in [6.07, 6.45) is 0. The van der Waals surface area contributed by atoms with Crippen molar-refractivity contribution in [2.45, 2.75) is 33.7 Å². The van der Waals surface area contributed by atoms with E-state index < -0.39 is 0 Å². The van der Waals surface area contributed by atoms with Crippen LogP contribution < -0.4 is 10.1 Å². The molecule has 1 aromatic carbocycles. The number of likely N-dealkylation sites (N-methyl/N-ethyl adjacent to an activating group) is 1. The molecule has 1 aromatic rings. The molecule has 0 aliphatic carbocycles. The van der Waals surface area contributed by atoms with E-state index in [4.69, 9.17) is 16.3 Å². The number of ether oxygens (including phenoxy) is 1. The van der Waals surface area contributed by atoms with Gasteiger partial charge in [0.25, 0.3) is 5.91 Å². The second kappa shape index (κ2) is 8.63. The molecule has 0 radical (unpaired) electrons. The highest BCUT2D eigenvalue weighted by molar-refractivity contribution is 6.31. The number of amides is 2. The van der Waals surface area contributed by atoms with Crippen molar-refractivity contribution in [1.82, 2.24) is 10.2 Å². The van der Waals surface area contributed by atoms with Crippen LogP contribution in [0.4, 0.5) is 0 Å². The second-order valence-electron chi connectivity index (χ2n) is 5.33. The van der Waals surface area contributed by atoms with E-state index in [1.807, 2.05) is 27.7 Å². The maximum atomic E-state index is 12.1. The zero-order valence-corrected chi connectivity index (χ0v) is 14.2. The highest BCUT2D eigenvalue weighted by Crippen LogP contribution is 2.20. The molecule has 1 rings (SSSR count). The van der Waals surface area contributed by atoms with E-state index in [9.17, 15) is 9.59 Å². The number of rotatable bonds is 7. The van der Waals surface area contributed by atoms with E-state index in [0.29, 0.717) is 17.3 Å². The van der Waals surface area contributed by atoms with E-state index >= 15 is 0 Å². The highest BCUT2D eigenvalue weighted by atomic mass is 35.5. The first-order chi connectivity index (χ1) is 10.3. The number of benzene rings is 1. The lowest BCUT2D eigenvalue weighted by Crippen LogP contribution is -2.44. The smallest absolute Gasteiger partial charge is 0.260 e. The zero-order valence-electron chi connectivity index (χ0n) is 13.5. The first-order valence-corrected chi connectivity index (χ1v) is 7.67. The van der Waals surface area contributed by atoms with Gasteiger partial charge in [-0.2, -0.15) is 0 Å². The normalized spacial score (nSPS) is 10.5. The van der Waals surface area contributed by atoms with E-state index in [2.05, 4.69) is 5.32 Å². The highest BCUT2D eigenvalue weighted by Gasteiger charge is 2.16. The van der Waals surface area contributed by atoms with Crippen LogP contribution in [-0.2, 0) is 9.59 Å². The molecule has 1 N–H and O–H groups in total. The molecular weight excluding hydrogens is 304 g/mol. The van der Waals surface area contributed by atoms with E-state index in [1.165, 1.54) is 4.90 Å². The van der Waals surface area contributed by atoms with Crippen LogP contribution in [0.5, 0.6) is 5.75 Å². The third-order valence-corrected chi connectivity index (χ3v) is 3.43. The predicted molar refractivity (Wildman–Crippen MR) is 87.2 cm³/mol. The van der Waals surface area contributed by atoms with Crippen LogP contribution >= 0.6 is 11.6 Å². The lowest BCUT2D eigenvalue weighted by atomic mass is 10.2. The minimum atomic E-state index is -0.228. The van der Waals surface area contributed by atoms with Crippen LogP contribution in [0.25, 0.3) is 0 Å². The van der Waals surface area contributed by atoms with Crippen LogP contribution in [0.2, 0.25) is 5.02 Å². The number of carbonyl (C=O) groups is 2. The first-order valence-electron chi connectivity index (χ1n) is 7.29. The van der Waals surface area contributed by atoms with Crippen molar-refractivity contribution in [3.05, 3.63) is 28.8 Å². The van der Waals surface area contributed by atoms with Gasteiger partial charge in [0.2, 0.25) is 5.91 Å². The summed E-state index contributed by atoms with van der Waals surface area (Å²) in [5.74, 6) is 0.180. The summed E-state index contributed by atoms with van der Waals surface area (Å²) in [7, 11) is 0.